The minimum absolute atomic E-state index is 0.0890. The van der Waals surface area contributed by atoms with E-state index >= 15 is 0 Å². The van der Waals surface area contributed by atoms with Crippen LogP contribution in [-0.2, 0) is 6.18 Å². The lowest BCUT2D eigenvalue weighted by molar-refractivity contribution is -0.137. The maximum Gasteiger partial charge on any atom is 0.417 e. The number of alkyl halides is 3. The third-order valence-electron chi connectivity index (χ3n) is 2.57. The number of nitrogens with zero attached hydrogens (tertiary/aromatic N) is 3. The van der Waals surface area contributed by atoms with Gasteiger partial charge >= 0.3 is 6.18 Å². The predicted octanol–water partition coefficient (Wildman–Crippen LogP) is 1.13. The van der Waals surface area contributed by atoms with Crippen molar-refractivity contribution >= 4 is 5.65 Å². The van der Waals surface area contributed by atoms with E-state index in [9.17, 15) is 18.3 Å². The monoisotopic (exact) mass is 260 g/mol. The zero-order valence-electron chi connectivity index (χ0n) is 9.39. The van der Waals surface area contributed by atoms with E-state index in [2.05, 4.69) is 10.2 Å². The minimum Gasteiger partial charge on any atom is -0.391 e. The van der Waals surface area contributed by atoms with Gasteiger partial charge in [0.05, 0.1) is 17.7 Å². The topological polar surface area (TPSA) is 76.4 Å². The molecule has 2 aromatic heterocycles. The summed E-state index contributed by atoms with van der Waals surface area (Å²) in [6.45, 7) is 1.43. The van der Waals surface area contributed by atoms with E-state index in [1.54, 1.807) is 0 Å². The number of aliphatic hydroxyl groups is 1. The summed E-state index contributed by atoms with van der Waals surface area (Å²) in [5.74, 6) is 0.0890. The molecule has 0 saturated carbocycles. The molecule has 0 aliphatic heterocycles. The van der Waals surface area contributed by atoms with Crippen LogP contribution in [0.1, 0.15) is 24.4 Å². The van der Waals surface area contributed by atoms with Gasteiger partial charge in [0.2, 0.25) is 0 Å². The maximum absolute atomic E-state index is 12.6. The number of fused-ring (bicyclic) bond motifs is 1. The van der Waals surface area contributed by atoms with Gasteiger partial charge < -0.3 is 10.8 Å². The summed E-state index contributed by atoms with van der Waals surface area (Å²) in [5, 5.41) is 16.8. The summed E-state index contributed by atoms with van der Waals surface area (Å²) in [6, 6.07) is 1.22. The van der Waals surface area contributed by atoms with Crippen molar-refractivity contribution in [1.29, 1.82) is 0 Å². The van der Waals surface area contributed by atoms with E-state index in [-0.39, 0.29) is 11.5 Å². The molecule has 0 radical (unpaired) electrons. The van der Waals surface area contributed by atoms with Crippen molar-refractivity contribution < 1.29 is 18.3 Å². The fraction of sp³-hybridized carbons (Fsp3) is 0.400. The lowest BCUT2D eigenvalue weighted by Crippen LogP contribution is -2.25. The van der Waals surface area contributed by atoms with E-state index in [1.807, 2.05) is 0 Å². The molecule has 2 heterocycles. The number of hydrogen-bond acceptors (Lipinski definition) is 4. The molecule has 3 N–H and O–H groups in total. The number of aliphatic hydroxyl groups excluding tert-OH is 1. The molecule has 0 saturated heterocycles. The van der Waals surface area contributed by atoms with Gasteiger partial charge in [-0.05, 0) is 19.1 Å². The smallest absolute Gasteiger partial charge is 0.391 e. The van der Waals surface area contributed by atoms with Gasteiger partial charge in [-0.2, -0.15) is 13.2 Å². The Bertz CT molecular complexity index is 564. The fourth-order valence-corrected chi connectivity index (χ4v) is 1.52. The van der Waals surface area contributed by atoms with Crippen molar-refractivity contribution in [2.75, 3.05) is 0 Å². The molecule has 0 aromatic carbocycles. The maximum atomic E-state index is 12.6. The van der Waals surface area contributed by atoms with Gasteiger partial charge in [0, 0.05) is 6.20 Å². The first kappa shape index (κ1) is 12.8. The summed E-state index contributed by atoms with van der Waals surface area (Å²) in [6.07, 6.45) is -4.52. The van der Waals surface area contributed by atoms with Crippen LogP contribution in [0.3, 0.4) is 0 Å². The molecule has 0 spiro atoms. The second-order valence-electron chi connectivity index (χ2n) is 3.97. The molecular formula is C10H11F3N4O. The highest BCUT2D eigenvalue weighted by Gasteiger charge is 2.31. The van der Waals surface area contributed by atoms with Crippen LogP contribution in [0.5, 0.6) is 0 Å². The highest BCUT2D eigenvalue weighted by Crippen LogP contribution is 2.29. The molecule has 2 atom stereocenters. The van der Waals surface area contributed by atoms with Gasteiger partial charge in [-0.25, -0.2) is 0 Å². The quantitative estimate of drug-likeness (QED) is 0.848. The average Bonchev–Trinajstić information content (AvgIpc) is 2.69. The van der Waals surface area contributed by atoms with Crippen LogP contribution in [0.2, 0.25) is 0 Å². The second kappa shape index (κ2) is 4.21. The highest BCUT2D eigenvalue weighted by molar-refractivity contribution is 5.40. The van der Waals surface area contributed by atoms with Crippen molar-refractivity contribution in [3.8, 4) is 0 Å². The molecule has 2 aromatic rings. The largest absolute Gasteiger partial charge is 0.417 e. The summed E-state index contributed by atoms with van der Waals surface area (Å²) in [7, 11) is 0. The Labute approximate surface area is 100 Å². The van der Waals surface area contributed by atoms with E-state index in [4.69, 9.17) is 5.73 Å². The molecule has 8 heteroatoms. The lowest BCUT2D eigenvalue weighted by Gasteiger charge is -2.13. The first-order chi connectivity index (χ1) is 8.30. The first-order valence-electron chi connectivity index (χ1n) is 5.16. The Morgan fingerprint density at radius 3 is 2.56 bits per heavy atom. The van der Waals surface area contributed by atoms with Crippen LogP contribution in [-0.4, -0.2) is 25.8 Å². The highest BCUT2D eigenvalue weighted by atomic mass is 19.4. The number of halogens is 3. The number of aromatic nitrogens is 3. The van der Waals surface area contributed by atoms with E-state index in [0.29, 0.717) is 0 Å². The van der Waals surface area contributed by atoms with E-state index < -0.39 is 23.9 Å². The average molecular weight is 260 g/mol. The molecule has 0 amide bonds. The Morgan fingerprint density at radius 2 is 2.00 bits per heavy atom. The molecule has 98 valence electrons. The van der Waals surface area contributed by atoms with Gasteiger partial charge in [-0.1, -0.05) is 0 Å². The third-order valence-corrected chi connectivity index (χ3v) is 2.57. The Balaban J connectivity index is 2.57. The molecule has 0 aliphatic carbocycles. The summed E-state index contributed by atoms with van der Waals surface area (Å²) >= 11 is 0. The molecule has 0 fully saturated rings. The summed E-state index contributed by atoms with van der Waals surface area (Å²) in [4.78, 5) is 0. The van der Waals surface area contributed by atoms with Crippen molar-refractivity contribution in [3.05, 3.63) is 29.7 Å². The standard InChI is InChI=1S/C10H11F3N4O/c1-5(18)8(14)9-16-15-7-3-2-6(4-17(7)9)10(11,12)13/h2-5,8,18H,14H2,1H3. The zero-order chi connectivity index (χ0) is 13.5. The zero-order valence-corrected chi connectivity index (χ0v) is 9.39. The number of hydrogen-bond donors (Lipinski definition) is 2. The van der Waals surface area contributed by atoms with E-state index in [1.165, 1.54) is 13.0 Å². The lowest BCUT2D eigenvalue weighted by atomic mass is 10.2. The summed E-state index contributed by atoms with van der Waals surface area (Å²) < 4.78 is 38.9. The van der Waals surface area contributed by atoms with Crippen molar-refractivity contribution in [2.45, 2.75) is 25.2 Å². The fourth-order valence-electron chi connectivity index (χ4n) is 1.52. The van der Waals surface area contributed by atoms with Crippen molar-refractivity contribution in [2.24, 2.45) is 5.73 Å². The summed E-state index contributed by atoms with van der Waals surface area (Å²) in [5.41, 5.74) is 5.07. The van der Waals surface area contributed by atoms with Gasteiger partial charge in [-0.15, -0.1) is 10.2 Å². The normalized spacial score (nSPS) is 15.9. The molecule has 5 nitrogen and oxygen atoms in total. The van der Waals surface area contributed by atoms with Crippen LogP contribution in [0.15, 0.2) is 18.3 Å². The minimum atomic E-state index is -4.45. The number of rotatable bonds is 2. The molecule has 2 unspecified atom stereocenters. The van der Waals surface area contributed by atoms with Crippen LogP contribution < -0.4 is 5.73 Å². The van der Waals surface area contributed by atoms with E-state index in [0.717, 1.165) is 16.7 Å². The number of nitrogens with two attached hydrogens (primary N) is 1. The third kappa shape index (κ3) is 2.16. The number of pyridine rings is 1. The molecule has 2 rings (SSSR count). The van der Waals surface area contributed by atoms with Gasteiger partial charge in [-0.3, -0.25) is 4.40 Å². The van der Waals surface area contributed by atoms with Crippen molar-refractivity contribution in [3.63, 3.8) is 0 Å². The molecular weight excluding hydrogens is 249 g/mol. The molecule has 18 heavy (non-hydrogen) atoms. The first-order valence-corrected chi connectivity index (χ1v) is 5.16. The Morgan fingerprint density at radius 1 is 1.33 bits per heavy atom. The van der Waals surface area contributed by atoms with Gasteiger partial charge in [0.15, 0.2) is 11.5 Å². The molecule has 0 aliphatic rings. The Kier molecular flexibility index (Phi) is 2.99. The SMILES string of the molecule is CC(O)C(N)c1nnc2ccc(C(F)(F)F)cn12. The van der Waals surface area contributed by atoms with Gasteiger partial charge in [0.25, 0.3) is 0 Å². The van der Waals surface area contributed by atoms with Crippen LogP contribution in [0.25, 0.3) is 5.65 Å². The molecule has 0 bridgehead atoms. The van der Waals surface area contributed by atoms with Crippen molar-refractivity contribution in [1.82, 2.24) is 14.6 Å². The van der Waals surface area contributed by atoms with Crippen LogP contribution in [0, 0.1) is 0 Å². The second-order valence-corrected chi connectivity index (χ2v) is 3.97. The predicted molar refractivity (Wildman–Crippen MR) is 56.6 cm³/mol. The Hall–Kier alpha value is -1.67. The van der Waals surface area contributed by atoms with Crippen LogP contribution >= 0.6 is 0 Å². The van der Waals surface area contributed by atoms with Gasteiger partial charge in [0.1, 0.15) is 0 Å². The van der Waals surface area contributed by atoms with Crippen LogP contribution in [0.4, 0.5) is 13.2 Å².